The molecule has 0 fully saturated rings. The molecule has 1 rings (SSSR count). The van der Waals surface area contributed by atoms with Crippen LogP contribution in [0.25, 0.3) is 0 Å². The van der Waals surface area contributed by atoms with Gasteiger partial charge in [0, 0.05) is 10.9 Å². The van der Waals surface area contributed by atoms with Crippen molar-refractivity contribution in [2.24, 2.45) is 0 Å². The number of halogens is 1. The highest BCUT2D eigenvalue weighted by molar-refractivity contribution is 9.10. The van der Waals surface area contributed by atoms with Crippen LogP contribution >= 0.6 is 15.9 Å². The number of rotatable bonds is 6. The SMILES string of the molecule is CCOC(=O)Cc1cc(Br)cc(CCC=O)c1. The van der Waals surface area contributed by atoms with Crippen LogP contribution in [0.3, 0.4) is 0 Å². The topological polar surface area (TPSA) is 43.4 Å². The van der Waals surface area contributed by atoms with Gasteiger partial charge >= 0.3 is 5.97 Å². The lowest BCUT2D eigenvalue weighted by atomic mass is 10.0. The van der Waals surface area contributed by atoms with Crippen LogP contribution in [0, 0.1) is 0 Å². The van der Waals surface area contributed by atoms with Gasteiger partial charge in [0.25, 0.3) is 0 Å². The maximum Gasteiger partial charge on any atom is 0.310 e. The molecule has 0 atom stereocenters. The van der Waals surface area contributed by atoms with Gasteiger partial charge in [-0.15, -0.1) is 0 Å². The van der Waals surface area contributed by atoms with E-state index in [-0.39, 0.29) is 12.4 Å². The van der Waals surface area contributed by atoms with Gasteiger partial charge in [0.2, 0.25) is 0 Å². The second-order valence-corrected chi connectivity index (χ2v) is 4.57. The molecule has 0 aliphatic rings. The van der Waals surface area contributed by atoms with E-state index in [9.17, 15) is 9.59 Å². The third kappa shape index (κ3) is 5.13. The summed E-state index contributed by atoms with van der Waals surface area (Å²) in [4.78, 5) is 21.7. The molecule has 3 nitrogen and oxygen atoms in total. The number of esters is 1. The zero-order valence-corrected chi connectivity index (χ0v) is 11.3. The van der Waals surface area contributed by atoms with E-state index in [0.29, 0.717) is 19.4 Å². The Bertz CT molecular complexity index is 402. The molecule has 0 unspecified atom stereocenters. The second kappa shape index (κ2) is 7.22. The Labute approximate surface area is 109 Å². The summed E-state index contributed by atoms with van der Waals surface area (Å²) < 4.78 is 5.81. The standard InChI is InChI=1S/C13H15BrO3/c1-2-17-13(16)9-11-6-10(4-3-5-15)7-12(14)8-11/h5-8H,2-4,9H2,1H3. The fourth-order valence-electron chi connectivity index (χ4n) is 1.57. The minimum atomic E-state index is -0.230. The number of aryl methyl sites for hydroxylation is 1. The first-order valence-electron chi connectivity index (χ1n) is 5.53. The zero-order valence-electron chi connectivity index (χ0n) is 9.74. The van der Waals surface area contributed by atoms with Crippen LogP contribution in [-0.2, 0) is 27.2 Å². The Morgan fingerprint density at radius 1 is 1.35 bits per heavy atom. The van der Waals surface area contributed by atoms with Crippen LogP contribution < -0.4 is 0 Å². The molecule has 4 heteroatoms. The summed E-state index contributed by atoms with van der Waals surface area (Å²) in [5.41, 5.74) is 1.95. The number of ether oxygens (including phenoxy) is 1. The van der Waals surface area contributed by atoms with Crippen molar-refractivity contribution in [1.82, 2.24) is 0 Å². The molecular weight excluding hydrogens is 284 g/mol. The monoisotopic (exact) mass is 298 g/mol. The quantitative estimate of drug-likeness (QED) is 0.599. The van der Waals surface area contributed by atoms with Gasteiger partial charge in [0.15, 0.2) is 0 Å². The molecule has 0 N–H and O–H groups in total. The maximum absolute atomic E-state index is 11.4. The van der Waals surface area contributed by atoms with Gasteiger partial charge in [-0.05, 0) is 36.6 Å². The van der Waals surface area contributed by atoms with E-state index in [1.807, 2.05) is 18.2 Å². The van der Waals surface area contributed by atoms with Crippen LogP contribution in [0.2, 0.25) is 0 Å². The molecule has 0 aliphatic heterocycles. The van der Waals surface area contributed by atoms with Gasteiger partial charge < -0.3 is 9.53 Å². The molecule has 0 radical (unpaired) electrons. The fraction of sp³-hybridized carbons (Fsp3) is 0.385. The van der Waals surface area contributed by atoms with Crippen LogP contribution in [0.5, 0.6) is 0 Å². The highest BCUT2D eigenvalue weighted by Crippen LogP contribution is 2.17. The average molecular weight is 299 g/mol. The predicted molar refractivity (Wildman–Crippen MR) is 68.9 cm³/mol. The van der Waals surface area contributed by atoms with Crippen molar-refractivity contribution in [1.29, 1.82) is 0 Å². The number of aldehydes is 1. The summed E-state index contributed by atoms with van der Waals surface area (Å²) in [7, 11) is 0. The summed E-state index contributed by atoms with van der Waals surface area (Å²) in [5, 5.41) is 0. The van der Waals surface area contributed by atoms with Gasteiger partial charge in [-0.3, -0.25) is 4.79 Å². The van der Waals surface area contributed by atoms with E-state index in [0.717, 1.165) is 21.9 Å². The Balaban J connectivity index is 2.74. The first-order chi connectivity index (χ1) is 8.15. The number of carbonyl (C=O) groups is 2. The van der Waals surface area contributed by atoms with Gasteiger partial charge in [0.05, 0.1) is 13.0 Å². The van der Waals surface area contributed by atoms with Crippen molar-refractivity contribution in [3.8, 4) is 0 Å². The Hall–Kier alpha value is -1.16. The average Bonchev–Trinajstić information content (AvgIpc) is 2.25. The molecule has 0 bridgehead atoms. The summed E-state index contributed by atoms with van der Waals surface area (Å²) in [6.07, 6.45) is 2.35. The van der Waals surface area contributed by atoms with Crippen molar-refractivity contribution in [2.75, 3.05) is 6.61 Å². The predicted octanol–water partition coefficient (Wildman–Crippen LogP) is 2.69. The second-order valence-electron chi connectivity index (χ2n) is 3.65. The first kappa shape index (κ1) is 13.9. The lowest BCUT2D eigenvalue weighted by Gasteiger charge is -2.06. The van der Waals surface area contributed by atoms with Gasteiger partial charge in [-0.2, -0.15) is 0 Å². The first-order valence-corrected chi connectivity index (χ1v) is 6.32. The van der Waals surface area contributed by atoms with E-state index in [1.54, 1.807) is 6.92 Å². The molecule has 92 valence electrons. The van der Waals surface area contributed by atoms with Crippen LogP contribution in [-0.4, -0.2) is 18.9 Å². The lowest BCUT2D eigenvalue weighted by molar-refractivity contribution is -0.142. The molecule has 1 aromatic carbocycles. The normalized spacial score (nSPS) is 10.0. The van der Waals surface area contributed by atoms with E-state index >= 15 is 0 Å². The lowest BCUT2D eigenvalue weighted by Crippen LogP contribution is -2.07. The Kier molecular flexibility index (Phi) is 5.91. The maximum atomic E-state index is 11.4. The highest BCUT2D eigenvalue weighted by Gasteiger charge is 2.06. The third-order valence-corrected chi connectivity index (χ3v) is 2.68. The van der Waals surface area contributed by atoms with Crippen molar-refractivity contribution >= 4 is 28.2 Å². The van der Waals surface area contributed by atoms with Crippen molar-refractivity contribution in [3.63, 3.8) is 0 Å². The van der Waals surface area contributed by atoms with E-state index < -0.39 is 0 Å². The smallest absolute Gasteiger partial charge is 0.310 e. The van der Waals surface area contributed by atoms with Crippen molar-refractivity contribution < 1.29 is 14.3 Å². The molecule has 17 heavy (non-hydrogen) atoms. The van der Waals surface area contributed by atoms with Gasteiger partial charge in [-0.1, -0.05) is 22.0 Å². The van der Waals surface area contributed by atoms with E-state index in [4.69, 9.17) is 4.74 Å². The largest absolute Gasteiger partial charge is 0.466 e. The Morgan fingerprint density at radius 2 is 2.06 bits per heavy atom. The minimum Gasteiger partial charge on any atom is -0.466 e. The number of benzene rings is 1. The summed E-state index contributed by atoms with van der Waals surface area (Å²) >= 11 is 3.39. The fourth-order valence-corrected chi connectivity index (χ4v) is 2.16. The summed E-state index contributed by atoms with van der Waals surface area (Å²) in [6, 6.07) is 5.78. The number of carbonyl (C=O) groups excluding carboxylic acids is 2. The Morgan fingerprint density at radius 3 is 2.71 bits per heavy atom. The van der Waals surface area contributed by atoms with E-state index in [1.165, 1.54) is 0 Å². The molecule has 0 saturated carbocycles. The molecule has 0 amide bonds. The van der Waals surface area contributed by atoms with Crippen LogP contribution in [0.4, 0.5) is 0 Å². The van der Waals surface area contributed by atoms with Crippen LogP contribution in [0.15, 0.2) is 22.7 Å². The third-order valence-electron chi connectivity index (χ3n) is 2.22. The van der Waals surface area contributed by atoms with Gasteiger partial charge in [-0.25, -0.2) is 0 Å². The van der Waals surface area contributed by atoms with Crippen LogP contribution in [0.1, 0.15) is 24.5 Å². The molecule has 0 aliphatic carbocycles. The molecule has 0 aromatic heterocycles. The molecule has 0 spiro atoms. The van der Waals surface area contributed by atoms with Crippen molar-refractivity contribution in [2.45, 2.75) is 26.2 Å². The summed E-state index contributed by atoms with van der Waals surface area (Å²) in [5.74, 6) is -0.230. The number of hydrogen-bond donors (Lipinski definition) is 0. The zero-order chi connectivity index (χ0) is 12.7. The van der Waals surface area contributed by atoms with Gasteiger partial charge in [0.1, 0.15) is 6.29 Å². The molecule has 0 saturated heterocycles. The van der Waals surface area contributed by atoms with Crippen molar-refractivity contribution in [3.05, 3.63) is 33.8 Å². The molecular formula is C13H15BrO3. The van der Waals surface area contributed by atoms with E-state index in [2.05, 4.69) is 15.9 Å². The molecule has 1 aromatic rings. The minimum absolute atomic E-state index is 0.230. The number of hydrogen-bond acceptors (Lipinski definition) is 3. The summed E-state index contributed by atoms with van der Waals surface area (Å²) in [6.45, 7) is 2.18. The molecule has 0 heterocycles. The highest BCUT2D eigenvalue weighted by atomic mass is 79.9.